The maximum Gasteiger partial charge on any atom is 0.224 e. The Labute approximate surface area is 209 Å². The van der Waals surface area contributed by atoms with E-state index in [4.69, 9.17) is 17.3 Å². The van der Waals surface area contributed by atoms with Gasteiger partial charge in [0.05, 0.1) is 5.69 Å². The van der Waals surface area contributed by atoms with E-state index in [-0.39, 0.29) is 16.2 Å². The Hall–Kier alpha value is -2.63. The van der Waals surface area contributed by atoms with E-state index in [0.29, 0.717) is 6.54 Å². The van der Waals surface area contributed by atoms with Crippen molar-refractivity contribution in [2.45, 2.75) is 66.1 Å². The molecule has 0 amide bonds. The van der Waals surface area contributed by atoms with Gasteiger partial charge in [0.2, 0.25) is 5.28 Å². The second-order valence-corrected chi connectivity index (χ2v) is 11.5. The summed E-state index contributed by atoms with van der Waals surface area (Å²) in [6.07, 6.45) is 1.91. The SMILES string of the molecule is CN(Cc1ccc(Cc2ccc(N)cc2)cc1)Cc1cc(NC(C)(C)CC(C)(C)C)nc(Cl)n1. The van der Waals surface area contributed by atoms with Crippen LogP contribution in [0, 0.1) is 5.41 Å². The molecule has 1 aromatic heterocycles. The Morgan fingerprint density at radius 1 is 0.853 bits per heavy atom. The summed E-state index contributed by atoms with van der Waals surface area (Å²) in [6.45, 7) is 12.6. The molecule has 0 unspecified atom stereocenters. The lowest BCUT2D eigenvalue weighted by Crippen LogP contribution is -2.35. The third-order valence-electron chi connectivity index (χ3n) is 5.49. The average Bonchev–Trinajstić information content (AvgIpc) is 2.68. The summed E-state index contributed by atoms with van der Waals surface area (Å²) < 4.78 is 0. The van der Waals surface area contributed by atoms with Gasteiger partial charge in [0, 0.05) is 30.4 Å². The molecular weight excluding hydrogens is 442 g/mol. The first-order valence-electron chi connectivity index (χ1n) is 11.8. The van der Waals surface area contributed by atoms with E-state index in [1.165, 1.54) is 16.7 Å². The van der Waals surface area contributed by atoms with Crippen LogP contribution in [-0.2, 0) is 19.5 Å². The lowest BCUT2D eigenvalue weighted by atomic mass is 9.82. The number of nitrogen functional groups attached to an aromatic ring is 1. The molecule has 0 aliphatic rings. The number of hydrogen-bond acceptors (Lipinski definition) is 5. The van der Waals surface area contributed by atoms with Gasteiger partial charge in [0.1, 0.15) is 5.82 Å². The summed E-state index contributed by atoms with van der Waals surface area (Å²) in [5.41, 5.74) is 11.4. The molecule has 3 aromatic rings. The first-order chi connectivity index (χ1) is 15.9. The lowest BCUT2D eigenvalue weighted by molar-refractivity contribution is 0.301. The summed E-state index contributed by atoms with van der Waals surface area (Å²) in [7, 11) is 2.09. The molecule has 0 aliphatic carbocycles. The molecule has 2 aromatic carbocycles. The van der Waals surface area contributed by atoms with Crippen molar-refractivity contribution < 1.29 is 0 Å². The van der Waals surface area contributed by atoms with Crippen LogP contribution in [0.4, 0.5) is 11.5 Å². The summed E-state index contributed by atoms with van der Waals surface area (Å²) in [4.78, 5) is 11.1. The second kappa shape index (κ2) is 10.7. The smallest absolute Gasteiger partial charge is 0.224 e. The van der Waals surface area contributed by atoms with Crippen LogP contribution in [0.5, 0.6) is 0 Å². The van der Waals surface area contributed by atoms with Crippen LogP contribution in [0.2, 0.25) is 5.28 Å². The molecule has 34 heavy (non-hydrogen) atoms. The molecule has 1 heterocycles. The third kappa shape index (κ3) is 8.62. The van der Waals surface area contributed by atoms with Crippen LogP contribution < -0.4 is 11.1 Å². The Morgan fingerprint density at radius 3 is 2.00 bits per heavy atom. The zero-order valence-corrected chi connectivity index (χ0v) is 22.1. The van der Waals surface area contributed by atoms with Gasteiger partial charge in [-0.3, -0.25) is 4.90 Å². The third-order valence-corrected chi connectivity index (χ3v) is 5.66. The number of anilines is 2. The zero-order valence-electron chi connectivity index (χ0n) is 21.3. The lowest BCUT2D eigenvalue weighted by Gasteiger charge is -2.33. The van der Waals surface area contributed by atoms with Crippen LogP contribution in [0.1, 0.15) is 63.4 Å². The van der Waals surface area contributed by atoms with Gasteiger partial charge in [-0.05, 0) is 79.6 Å². The maximum atomic E-state index is 6.26. The number of hydrogen-bond donors (Lipinski definition) is 2. The number of benzene rings is 2. The second-order valence-electron chi connectivity index (χ2n) is 11.2. The number of nitrogens with zero attached hydrogens (tertiary/aromatic N) is 3. The topological polar surface area (TPSA) is 67.1 Å². The van der Waals surface area contributed by atoms with Crippen molar-refractivity contribution >= 4 is 23.1 Å². The molecule has 6 heteroatoms. The predicted molar refractivity (Wildman–Crippen MR) is 144 cm³/mol. The molecule has 3 rings (SSSR count). The fraction of sp³-hybridized carbons (Fsp3) is 0.429. The van der Waals surface area contributed by atoms with Crippen LogP contribution in [-0.4, -0.2) is 27.5 Å². The normalized spacial score (nSPS) is 12.2. The van der Waals surface area contributed by atoms with E-state index in [2.05, 4.69) is 98.2 Å². The van der Waals surface area contributed by atoms with Gasteiger partial charge in [-0.1, -0.05) is 57.2 Å². The van der Waals surface area contributed by atoms with Crippen molar-refractivity contribution in [3.8, 4) is 0 Å². The Kier molecular flexibility index (Phi) is 8.21. The molecule has 0 bridgehead atoms. The fourth-order valence-corrected chi connectivity index (χ4v) is 4.80. The number of nitrogens with one attached hydrogen (secondary N) is 1. The van der Waals surface area contributed by atoms with Crippen molar-refractivity contribution in [2.24, 2.45) is 5.41 Å². The molecule has 5 nitrogen and oxygen atoms in total. The summed E-state index contributed by atoms with van der Waals surface area (Å²) >= 11 is 6.26. The van der Waals surface area contributed by atoms with E-state index < -0.39 is 0 Å². The van der Waals surface area contributed by atoms with Gasteiger partial charge in [0.15, 0.2) is 0 Å². The van der Waals surface area contributed by atoms with Crippen LogP contribution >= 0.6 is 11.6 Å². The predicted octanol–water partition coefficient (Wildman–Crippen LogP) is 6.56. The van der Waals surface area contributed by atoms with Gasteiger partial charge >= 0.3 is 0 Å². The minimum Gasteiger partial charge on any atom is -0.399 e. The molecule has 0 fully saturated rings. The number of aromatic nitrogens is 2. The van der Waals surface area contributed by atoms with Crippen LogP contribution in [0.25, 0.3) is 0 Å². The van der Waals surface area contributed by atoms with E-state index in [0.717, 1.165) is 36.6 Å². The molecule has 0 saturated carbocycles. The highest BCUT2D eigenvalue weighted by Crippen LogP contribution is 2.29. The maximum absolute atomic E-state index is 6.26. The minimum absolute atomic E-state index is 0.104. The molecule has 0 spiro atoms. The molecule has 0 saturated heterocycles. The quantitative estimate of drug-likeness (QED) is 0.268. The molecule has 182 valence electrons. The highest BCUT2D eigenvalue weighted by molar-refractivity contribution is 6.28. The number of halogens is 1. The van der Waals surface area contributed by atoms with Crippen molar-refractivity contribution in [3.63, 3.8) is 0 Å². The molecule has 0 radical (unpaired) electrons. The minimum atomic E-state index is -0.104. The largest absolute Gasteiger partial charge is 0.399 e. The van der Waals surface area contributed by atoms with Crippen molar-refractivity contribution in [1.82, 2.24) is 14.9 Å². The van der Waals surface area contributed by atoms with E-state index in [1.54, 1.807) is 0 Å². The summed E-state index contributed by atoms with van der Waals surface area (Å²) in [6, 6.07) is 18.8. The van der Waals surface area contributed by atoms with E-state index in [1.807, 2.05) is 18.2 Å². The highest BCUT2D eigenvalue weighted by Gasteiger charge is 2.26. The van der Waals surface area contributed by atoms with Crippen molar-refractivity contribution in [2.75, 3.05) is 18.1 Å². The van der Waals surface area contributed by atoms with Crippen molar-refractivity contribution in [3.05, 3.63) is 82.3 Å². The van der Waals surface area contributed by atoms with Crippen molar-refractivity contribution in [1.29, 1.82) is 0 Å². The standard InChI is InChI=1S/C28H38ClN5/c1-27(2,3)19-28(4,5)33-25-16-24(31-26(29)32-25)18-34(6)17-22-9-7-20(8-10-22)15-21-11-13-23(30)14-12-21/h7-14,16H,15,17-19,30H2,1-6H3,(H,31,32,33). The summed E-state index contributed by atoms with van der Waals surface area (Å²) in [5, 5.41) is 3.82. The molecule has 0 aliphatic heterocycles. The van der Waals surface area contributed by atoms with Crippen LogP contribution in [0.15, 0.2) is 54.6 Å². The molecule has 0 atom stereocenters. The number of rotatable bonds is 9. The van der Waals surface area contributed by atoms with Gasteiger partial charge in [-0.2, -0.15) is 0 Å². The molecule has 3 N–H and O–H groups in total. The van der Waals surface area contributed by atoms with E-state index >= 15 is 0 Å². The molecular formula is C28H38ClN5. The Bertz CT molecular complexity index is 1070. The van der Waals surface area contributed by atoms with Gasteiger partial charge < -0.3 is 11.1 Å². The van der Waals surface area contributed by atoms with Gasteiger partial charge in [-0.25, -0.2) is 9.97 Å². The summed E-state index contributed by atoms with van der Waals surface area (Å²) in [5.74, 6) is 0.768. The Balaban J connectivity index is 1.60. The Morgan fingerprint density at radius 2 is 1.41 bits per heavy atom. The van der Waals surface area contributed by atoms with E-state index in [9.17, 15) is 0 Å². The number of nitrogens with two attached hydrogens (primary N) is 1. The first kappa shape index (κ1) is 26.0. The van der Waals surface area contributed by atoms with Crippen LogP contribution in [0.3, 0.4) is 0 Å². The van der Waals surface area contributed by atoms with Gasteiger partial charge in [-0.15, -0.1) is 0 Å². The highest BCUT2D eigenvalue weighted by atomic mass is 35.5. The monoisotopic (exact) mass is 479 g/mol. The fourth-order valence-electron chi connectivity index (χ4n) is 4.60. The first-order valence-corrected chi connectivity index (χ1v) is 12.2. The average molecular weight is 480 g/mol. The van der Waals surface area contributed by atoms with Gasteiger partial charge in [0.25, 0.3) is 0 Å². The zero-order chi connectivity index (χ0) is 24.9.